The van der Waals surface area contributed by atoms with Gasteiger partial charge in [0.15, 0.2) is 5.16 Å². The number of aromatic amines is 1. The average Bonchev–Trinajstić information content (AvgIpc) is 3.16. The number of aromatic hydroxyl groups is 1. The van der Waals surface area contributed by atoms with Crippen molar-refractivity contribution in [2.45, 2.75) is 11.6 Å². The molecular formula is C18H13N3O3S2. The molecule has 0 saturated carbocycles. The van der Waals surface area contributed by atoms with Crippen molar-refractivity contribution in [2.75, 3.05) is 5.75 Å². The maximum absolute atomic E-state index is 12.2. The van der Waals surface area contributed by atoms with Gasteiger partial charge < -0.3 is 10.1 Å². The molecule has 1 aromatic carbocycles. The van der Waals surface area contributed by atoms with E-state index in [2.05, 4.69) is 14.8 Å². The van der Waals surface area contributed by atoms with Crippen LogP contribution >= 0.6 is 23.1 Å². The fraction of sp³-hybridized carbons (Fsp3) is 0.111. The summed E-state index contributed by atoms with van der Waals surface area (Å²) in [5.74, 6) is 0.0725. The van der Waals surface area contributed by atoms with Crippen LogP contribution in [0.2, 0.25) is 0 Å². The molecule has 0 radical (unpaired) electrons. The van der Waals surface area contributed by atoms with Crippen molar-refractivity contribution < 1.29 is 9.90 Å². The van der Waals surface area contributed by atoms with E-state index in [1.54, 1.807) is 24.3 Å². The van der Waals surface area contributed by atoms with Gasteiger partial charge in [0, 0.05) is 16.9 Å². The number of hydrogen-bond acceptors (Lipinski definition) is 6. The van der Waals surface area contributed by atoms with Crippen LogP contribution in [0.4, 0.5) is 5.69 Å². The van der Waals surface area contributed by atoms with Crippen LogP contribution in [0.1, 0.15) is 5.56 Å². The molecular weight excluding hydrogens is 370 g/mol. The van der Waals surface area contributed by atoms with Gasteiger partial charge in [0.05, 0.1) is 18.0 Å². The zero-order valence-corrected chi connectivity index (χ0v) is 15.1. The first-order valence-corrected chi connectivity index (χ1v) is 9.42. The molecule has 0 amide bonds. The molecule has 0 bridgehead atoms. The molecule has 2 aromatic heterocycles. The molecule has 8 heteroatoms. The normalized spacial score (nSPS) is 10.4. The third-order valence-electron chi connectivity index (χ3n) is 3.49. The van der Waals surface area contributed by atoms with Crippen molar-refractivity contribution in [1.29, 1.82) is 0 Å². The molecule has 3 aromatic rings. The van der Waals surface area contributed by atoms with E-state index in [0.29, 0.717) is 11.3 Å². The third kappa shape index (κ3) is 4.02. The van der Waals surface area contributed by atoms with Gasteiger partial charge in [-0.25, -0.2) is 9.83 Å². The second kappa shape index (κ2) is 7.99. The van der Waals surface area contributed by atoms with E-state index in [-0.39, 0.29) is 34.6 Å². The monoisotopic (exact) mass is 383 g/mol. The van der Waals surface area contributed by atoms with E-state index in [9.17, 15) is 14.7 Å². The Morgan fingerprint density at radius 1 is 1.31 bits per heavy atom. The lowest BCUT2D eigenvalue weighted by Gasteiger charge is -2.06. The summed E-state index contributed by atoms with van der Waals surface area (Å²) in [5, 5.41) is 11.9. The Kier molecular flexibility index (Phi) is 5.51. The van der Waals surface area contributed by atoms with Crippen LogP contribution in [0, 0.1) is 6.57 Å². The molecule has 0 atom stereocenters. The van der Waals surface area contributed by atoms with Gasteiger partial charge in [0.2, 0.25) is 0 Å². The van der Waals surface area contributed by atoms with Crippen LogP contribution in [0.25, 0.3) is 15.4 Å². The van der Waals surface area contributed by atoms with Crippen molar-refractivity contribution in [2.24, 2.45) is 0 Å². The molecule has 26 heavy (non-hydrogen) atoms. The first-order valence-electron chi connectivity index (χ1n) is 7.55. The molecule has 0 aliphatic rings. The number of phenols is 1. The van der Waals surface area contributed by atoms with Crippen LogP contribution in [-0.4, -0.2) is 26.6 Å². The first-order chi connectivity index (χ1) is 12.6. The second-order valence-electron chi connectivity index (χ2n) is 5.29. The summed E-state index contributed by atoms with van der Waals surface area (Å²) in [6.45, 7) is 7.20. The lowest BCUT2D eigenvalue weighted by atomic mass is 10.1. The number of rotatable bonds is 6. The highest BCUT2D eigenvalue weighted by Crippen LogP contribution is 2.30. The Labute approximate surface area is 157 Å². The molecule has 0 aliphatic carbocycles. The highest BCUT2D eigenvalue weighted by Gasteiger charge is 2.16. The number of aromatic nitrogens is 2. The highest BCUT2D eigenvalue weighted by atomic mass is 32.2. The Hall–Kier alpha value is -2.89. The highest BCUT2D eigenvalue weighted by molar-refractivity contribution is 7.99. The molecule has 6 nitrogen and oxygen atoms in total. The van der Waals surface area contributed by atoms with Crippen molar-refractivity contribution >= 4 is 34.6 Å². The predicted octanol–water partition coefficient (Wildman–Crippen LogP) is 3.66. The first kappa shape index (κ1) is 17.9. The van der Waals surface area contributed by atoms with Crippen LogP contribution in [0.5, 0.6) is 5.75 Å². The van der Waals surface area contributed by atoms with E-state index in [1.807, 2.05) is 11.4 Å². The summed E-state index contributed by atoms with van der Waals surface area (Å²) < 4.78 is 0. The summed E-state index contributed by atoms with van der Waals surface area (Å²) in [6, 6.07) is 10.3. The number of hydrogen-bond donors (Lipinski definition) is 2. The van der Waals surface area contributed by atoms with Gasteiger partial charge in [-0.1, -0.05) is 36.0 Å². The summed E-state index contributed by atoms with van der Waals surface area (Å²) in [5.41, 5.74) is 0.308. The molecule has 130 valence electrons. The van der Waals surface area contributed by atoms with Gasteiger partial charge in [0.1, 0.15) is 11.5 Å². The van der Waals surface area contributed by atoms with Crippen LogP contribution in [-0.2, 0) is 11.2 Å². The number of nitrogens with zero attached hydrogens (tertiary/aromatic N) is 2. The number of thioether (sulfide) groups is 1. The quantitative estimate of drug-likeness (QED) is 0.385. The van der Waals surface area contributed by atoms with Crippen molar-refractivity contribution in [3.05, 3.63) is 69.1 Å². The predicted molar refractivity (Wildman–Crippen MR) is 102 cm³/mol. The maximum atomic E-state index is 12.2. The largest absolute Gasteiger partial charge is 0.508 e. The Bertz CT molecular complexity index is 1040. The average molecular weight is 383 g/mol. The smallest absolute Gasteiger partial charge is 0.276 e. The summed E-state index contributed by atoms with van der Waals surface area (Å²) in [7, 11) is 0. The molecule has 0 aliphatic heterocycles. The number of nitrogens with one attached hydrogen (secondary N) is 1. The molecule has 0 fully saturated rings. The Morgan fingerprint density at radius 3 is 2.81 bits per heavy atom. The minimum Gasteiger partial charge on any atom is -0.508 e. The van der Waals surface area contributed by atoms with Gasteiger partial charge in [-0.05, 0) is 17.5 Å². The number of para-hydroxylation sites is 1. The zero-order valence-electron chi connectivity index (χ0n) is 13.4. The fourth-order valence-electron chi connectivity index (χ4n) is 2.28. The van der Waals surface area contributed by atoms with Gasteiger partial charge in [-0.2, -0.15) is 0 Å². The van der Waals surface area contributed by atoms with E-state index in [0.717, 1.165) is 16.6 Å². The van der Waals surface area contributed by atoms with Gasteiger partial charge >= 0.3 is 0 Å². The van der Waals surface area contributed by atoms with Crippen LogP contribution in [0.15, 0.2) is 51.7 Å². The number of thiophene rings is 1. The number of Topliss-reactive ketones (excluding diaryl/α,β-unsaturated/α-hetero) is 1. The molecule has 2 N–H and O–H groups in total. The van der Waals surface area contributed by atoms with E-state index >= 15 is 0 Å². The Balaban J connectivity index is 1.76. The molecule has 0 spiro atoms. The minimum atomic E-state index is -0.519. The fourth-order valence-corrected chi connectivity index (χ4v) is 3.71. The number of phenolic OH excluding ortho intramolecular Hbond substituents is 1. The van der Waals surface area contributed by atoms with Gasteiger partial charge in [-0.15, -0.1) is 11.3 Å². The van der Waals surface area contributed by atoms with Gasteiger partial charge in [0.25, 0.3) is 11.2 Å². The van der Waals surface area contributed by atoms with Crippen LogP contribution in [0.3, 0.4) is 0 Å². The van der Waals surface area contributed by atoms with Crippen molar-refractivity contribution in [1.82, 2.24) is 9.97 Å². The standard InChI is InChI=1S/C18H13N3O3S2/c1-19-16-15(14-7-4-8-25-14)20-18(21-17(16)24)26-10-12(22)9-11-5-2-3-6-13(11)23/h2-8,23H,9-10H2,(H,20,21,24). The van der Waals surface area contributed by atoms with Crippen molar-refractivity contribution in [3.63, 3.8) is 0 Å². The van der Waals surface area contributed by atoms with E-state index in [4.69, 9.17) is 6.57 Å². The molecule has 0 saturated heterocycles. The van der Waals surface area contributed by atoms with Crippen LogP contribution < -0.4 is 5.56 Å². The third-order valence-corrected chi connectivity index (χ3v) is 5.30. The number of carbonyl (C=O) groups is 1. The molecule has 2 heterocycles. The SMILES string of the molecule is [C-]#[N+]c1c(-c2cccs2)nc(SCC(=O)Cc2ccccc2O)[nH]c1=O. The lowest BCUT2D eigenvalue weighted by Crippen LogP contribution is -2.11. The van der Waals surface area contributed by atoms with Gasteiger partial charge in [-0.3, -0.25) is 9.59 Å². The number of carbonyl (C=O) groups excluding carboxylic acids is 1. The summed E-state index contributed by atoms with van der Waals surface area (Å²) in [4.78, 5) is 35.2. The maximum Gasteiger partial charge on any atom is 0.276 e. The Morgan fingerprint density at radius 2 is 2.12 bits per heavy atom. The molecule has 0 unspecified atom stereocenters. The second-order valence-corrected chi connectivity index (χ2v) is 7.20. The number of H-pyrrole nitrogens is 1. The van der Waals surface area contributed by atoms with E-state index in [1.165, 1.54) is 17.4 Å². The number of ketones is 1. The molecule has 3 rings (SSSR count). The topological polar surface area (TPSA) is 87.4 Å². The number of benzene rings is 1. The van der Waals surface area contributed by atoms with E-state index < -0.39 is 5.56 Å². The zero-order chi connectivity index (χ0) is 18.5. The summed E-state index contributed by atoms with van der Waals surface area (Å²) >= 11 is 2.49. The summed E-state index contributed by atoms with van der Waals surface area (Å²) in [6.07, 6.45) is 0.0990. The van der Waals surface area contributed by atoms with Crippen molar-refractivity contribution in [3.8, 4) is 16.3 Å². The minimum absolute atomic E-state index is 0.0580. The lowest BCUT2D eigenvalue weighted by molar-refractivity contribution is -0.116.